The lowest BCUT2D eigenvalue weighted by atomic mass is 10.2. The third kappa shape index (κ3) is 4.70. The molecule has 1 heterocycles. The summed E-state index contributed by atoms with van der Waals surface area (Å²) in [7, 11) is 0. The van der Waals surface area contributed by atoms with Crippen molar-refractivity contribution in [1.29, 1.82) is 0 Å². The first-order valence-corrected chi connectivity index (χ1v) is 7.43. The molecule has 0 atom stereocenters. The number of nitrogens with zero attached hydrogens (tertiary/aromatic N) is 2. The fraction of sp³-hybridized carbons (Fsp3) is 0.438. The fourth-order valence-electron chi connectivity index (χ4n) is 2.40. The molecule has 0 saturated carbocycles. The largest absolute Gasteiger partial charge is 0.484 e. The monoisotopic (exact) mass is 320 g/mol. The van der Waals surface area contributed by atoms with Gasteiger partial charge in [0, 0.05) is 26.2 Å². The lowest BCUT2D eigenvalue weighted by molar-refractivity contribution is -0.147. The summed E-state index contributed by atoms with van der Waals surface area (Å²) >= 11 is 0. The van der Waals surface area contributed by atoms with E-state index in [9.17, 15) is 14.4 Å². The molecule has 0 aliphatic carbocycles. The predicted molar refractivity (Wildman–Crippen MR) is 82.1 cm³/mol. The number of carbonyl (C=O) groups excluding carboxylic acids is 2. The highest BCUT2D eigenvalue weighted by molar-refractivity contribution is 5.93. The number of carboxylic acids is 1. The van der Waals surface area contributed by atoms with Gasteiger partial charge in [0.1, 0.15) is 12.2 Å². The van der Waals surface area contributed by atoms with Crippen molar-refractivity contribution in [3.05, 3.63) is 29.8 Å². The number of rotatable bonds is 5. The molecule has 1 aliphatic rings. The first-order chi connectivity index (χ1) is 11.0. The van der Waals surface area contributed by atoms with E-state index in [1.54, 1.807) is 4.90 Å². The molecule has 2 rings (SSSR count). The minimum Gasteiger partial charge on any atom is -0.484 e. The van der Waals surface area contributed by atoms with Gasteiger partial charge in [0.05, 0.1) is 0 Å². The molecular formula is C16H20N2O5. The van der Waals surface area contributed by atoms with Crippen LogP contribution in [0, 0.1) is 6.92 Å². The van der Waals surface area contributed by atoms with Crippen molar-refractivity contribution in [3.63, 3.8) is 0 Å². The molecule has 7 heteroatoms. The van der Waals surface area contributed by atoms with Crippen LogP contribution in [-0.2, 0) is 14.4 Å². The average Bonchev–Trinajstić information content (AvgIpc) is 2.53. The molecule has 0 spiro atoms. The zero-order valence-corrected chi connectivity index (χ0v) is 13.0. The number of benzene rings is 1. The lowest BCUT2D eigenvalue weighted by Crippen LogP contribution is -2.51. The van der Waals surface area contributed by atoms with Gasteiger partial charge in [0.25, 0.3) is 5.91 Å². The lowest BCUT2D eigenvalue weighted by Gasteiger charge is -2.34. The van der Waals surface area contributed by atoms with E-state index in [1.165, 1.54) is 4.90 Å². The van der Waals surface area contributed by atoms with Crippen LogP contribution in [0.2, 0.25) is 0 Å². The Kier molecular flexibility index (Phi) is 5.56. The second-order valence-electron chi connectivity index (χ2n) is 5.39. The van der Waals surface area contributed by atoms with E-state index >= 15 is 0 Å². The SMILES string of the molecule is Cc1ccccc1OCC(=O)N1CCN(C(=O)CC(=O)O)CC1. The number of aryl methyl sites for hydroxylation is 1. The Morgan fingerprint density at radius 1 is 1.04 bits per heavy atom. The molecule has 0 unspecified atom stereocenters. The normalized spacial score (nSPS) is 14.5. The summed E-state index contributed by atoms with van der Waals surface area (Å²) in [6.45, 7) is 3.34. The Labute approximate surface area is 134 Å². The molecule has 1 fully saturated rings. The van der Waals surface area contributed by atoms with Gasteiger partial charge in [-0.25, -0.2) is 0 Å². The van der Waals surface area contributed by atoms with Crippen LogP contribution in [0.25, 0.3) is 0 Å². The molecule has 1 saturated heterocycles. The highest BCUT2D eigenvalue weighted by atomic mass is 16.5. The minimum absolute atomic E-state index is 0.0477. The van der Waals surface area contributed by atoms with Crippen LogP contribution in [0.15, 0.2) is 24.3 Å². The highest BCUT2D eigenvalue weighted by Crippen LogP contribution is 2.16. The van der Waals surface area contributed by atoms with Crippen LogP contribution in [0.5, 0.6) is 5.75 Å². The highest BCUT2D eigenvalue weighted by Gasteiger charge is 2.25. The molecule has 1 aromatic rings. The van der Waals surface area contributed by atoms with Crippen LogP contribution in [-0.4, -0.2) is 65.5 Å². The number of carboxylic acid groups (broad SMARTS) is 1. The summed E-state index contributed by atoms with van der Waals surface area (Å²) in [4.78, 5) is 37.4. The smallest absolute Gasteiger partial charge is 0.312 e. The molecular weight excluding hydrogens is 300 g/mol. The number of carbonyl (C=O) groups is 3. The maximum absolute atomic E-state index is 12.1. The van der Waals surface area contributed by atoms with Crippen LogP contribution >= 0.6 is 0 Å². The summed E-state index contributed by atoms with van der Waals surface area (Å²) in [5.41, 5.74) is 0.962. The predicted octanol–water partition coefficient (Wildman–Crippen LogP) is 0.519. The van der Waals surface area contributed by atoms with Crippen LogP contribution in [0.1, 0.15) is 12.0 Å². The van der Waals surface area contributed by atoms with Crippen molar-refractivity contribution in [2.45, 2.75) is 13.3 Å². The summed E-state index contributed by atoms with van der Waals surface area (Å²) in [5, 5.41) is 8.63. The average molecular weight is 320 g/mol. The van der Waals surface area contributed by atoms with Crippen LogP contribution in [0.4, 0.5) is 0 Å². The van der Waals surface area contributed by atoms with E-state index in [1.807, 2.05) is 31.2 Å². The molecule has 124 valence electrons. The molecule has 1 N–H and O–H groups in total. The first kappa shape index (κ1) is 16.8. The topological polar surface area (TPSA) is 87.2 Å². The van der Waals surface area contributed by atoms with Gasteiger partial charge in [0.2, 0.25) is 5.91 Å². The quantitative estimate of drug-likeness (QED) is 0.799. The molecule has 23 heavy (non-hydrogen) atoms. The number of aliphatic carboxylic acids is 1. The number of hydrogen-bond acceptors (Lipinski definition) is 4. The van der Waals surface area contributed by atoms with Crippen molar-refractivity contribution < 1.29 is 24.2 Å². The van der Waals surface area contributed by atoms with Crippen LogP contribution < -0.4 is 4.74 Å². The minimum atomic E-state index is -1.14. The third-order valence-electron chi connectivity index (χ3n) is 3.73. The van der Waals surface area contributed by atoms with Crippen molar-refractivity contribution in [3.8, 4) is 5.75 Å². The Balaban J connectivity index is 1.78. The van der Waals surface area contributed by atoms with Crippen molar-refractivity contribution >= 4 is 17.8 Å². The van der Waals surface area contributed by atoms with E-state index in [-0.39, 0.29) is 12.5 Å². The van der Waals surface area contributed by atoms with E-state index < -0.39 is 18.3 Å². The van der Waals surface area contributed by atoms with Crippen molar-refractivity contribution in [2.75, 3.05) is 32.8 Å². The number of piperazine rings is 1. The Morgan fingerprint density at radius 3 is 2.17 bits per heavy atom. The Morgan fingerprint density at radius 2 is 1.61 bits per heavy atom. The zero-order chi connectivity index (χ0) is 16.8. The van der Waals surface area contributed by atoms with Gasteiger partial charge in [0.15, 0.2) is 6.61 Å². The molecule has 1 aromatic carbocycles. The van der Waals surface area contributed by atoms with Crippen molar-refractivity contribution in [2.24, 2.45) is 0 Å². The van der Waals surface area contributed by atoms with Gasteiger partial charge in [-0.05, 0) is 18.6 Å². The first-order valence-electron chi connectivity index (χ1n) is 7.43. The fourth-order valence-corrected chi connectivity index (χ4v) is 2.40. The van der Waals surface area contributed by atoms with Gasteiger partial charge >= 0.3 is 5.97 Å². The molecule has 2 amide bonds. The molecule has 0 radical (unpaired) electrons. The van der Waals surface area contributed by atoms with E-state index in [2.05, 4.69) is 0 Å². The molecule has 0 bridgehead atoms. The summed E-state index contributed by atoms with van der Waals surface area (Å²) in [6, 6.07) is 7.47. The summed E-state index contributed by atoms with van der Waals surface area (Å²) in [6.07, 6.45) is -0.510. The van der Waals surface area contributed by atoms with Gasteiger partial charge in [-0.15, -0.1) is 0 Å². The van der Waals surface area contributed by atoms with Gasteiger partial charge in [-0.3, -0.25) is 14.4 Å². The number of para-hydroxylation sites is 1. The Hall–Kier alpha value is -2.57. The van der Waals surface area contributed by atoms with Crippen molar-refractivity contribution in [1.82, 2.24) is 9.80 Å². The number of hydrogen-bond donors (Lipinski definition) is 1. The zero-order valence-electron chi connectivity index (χ0n) is 13.0. The second kappa shape index (κ2) is 7.62. The summed E-state index contributed by atoms with van der Waals surface area (Å²) in [5.74, 6) is -1.02. The van der Waals surface area contributed by atoms with Crippen LogP contribution in [0.3, 0.4) is 0 Å². The van der Waals surface area contributed by atoms with Gasteiger partial charge < -0.3 is 19.6 Å². The van der Waals surface area contributed by atoms with E-state index in [0.29, 0.717) is 31.9 Å². The maximum atomic E-state index is 12.1. The maximum Gasteiger partial charge on any atom is 0.312 e. The Bertz CT molecular complexity index is 594. The summed E-state index contributed by atoms with van der Waals surface area (Å²) < 4.78 is 5.53. The van der Waals surface area contributed by atoms with E-state index in [0.717, 1.165) is 5.56 Å². The second-order valence-corrected chi connectivity index (χ2v) is 5.39. The standard InChI is InChI=1S/C16H20N2O5/c1-12-4-2-3-5-13(12)23-11-15(20)18-8-6-17(7-9-18)14(19)10-16(21)22/h2-5H,6-11H2,1H3,(H,21,22). The van der Waals surface area contributed by atoms with Gasteiger partial charge in [-0.2, -0.15) is 0 Å². The molecule has 7 nitrogen and oxygen atoms in total. The number of ether oxygens (including phenoxy) is 1. The molecule has 0 aromatic heterocycles. The van der Waals surface area contributed by atoms with Gasteiger partial charge in [-0.1, -0.05) is 18.2 Å². The third-order valence-corrected chi connectivity index (χ3v) is 3.73. The number of amides is 2. The van der Waals surface area contributed by atoms with E-state index in [4.69, 9.17) is 9.84 Å². The molecule has 1 aliphatic heterocycles.